The van der Waals surface area contributed by atoms with Gasteiger partial charge in [-0.05, 0) is 168 Å². The number of hydrogen-bond donors (Lipinski definition) is 0. The van der Waals surface area contributed by atoms with Crippen molar-refractivity contribution >= 4 is 61.7 Å². The first-order chi connectivity index (χ1) is 52.7. The summed E-state index contributed by atoms with van der Waals surface area (Å²) in [6.45, 7) is 29.0. The second-order valence-electron chi connectivity index (χ2n) is 30.8. The first-order valence-corrected chi connectivity index (χ1v) is 35.7. The minimum atomic E-state index is -5.64. The molecule has 1 aliphatic heterocycles. The Kier molecular flexibility index (Phi) is 12.4. The van der Waals surface area contributed by atoms with Crippen LogP contribution in [0.3, 0.4) is 0 Å². The Bertz CT molecular complexity index is 6240. The summed E-state index contributed by atoms with van der Waals surface area (Å²) in [7, 11) is -5.64. The van der Waals surface area contributed by atoms with E-state index in [-0.39, 0.29) is 64.3 Å². The van der Waals surface area contributed by atoms with Crippen LogP contribution >= 0.6 is 0 Å². The molecule has 99 heavy (non-hydrogen) atoms. The van der Waals surface area contributed by atoms with Gasteiger partial charge in [0.1, 0.15) is 5.82 Å². The Hall–Kier alpha value is -9.45. The Labute approximate surface area is 619 Å². The van der Waals surface area contributed by atoms with E-state index in [0.717, 1.165) is 96.5 Å². The third-order valence-corrected chi connectivity index (χ3v) is 24.8. The Morgan fingerprint density at radius 3 is 1.70 bits per heavy atom. The van der Waals surface area contributed by atoms with E-state index in [1.807, 2.05) is 77.5 Å². The number of para-hydroxylation sites is 2. The van der Waals surface area contributed by atoms with Crippen molar-refractivity contribution in [2.24, 2.45) is 0 Å². The molecule has 0 bridgehead atoms. The van der Waals surface area contributed by atoms with E-state index in [1.165, 1.54) is 11.1 Å². The molecule has 0 saturated carbocycles. The Balaban J connectivity index is 0.0000101. The Morgan fingerprint density at radius 2 is 1.04 bits per heavy atom. The van der Waals surface area contributed by atoms with Crippen molar-refractivity contribution in [1.82, 2.24) is 14.1 Å². The fraction of sp³-hybridized carbons (Fsp3) is 0.217. The minimum absolute atomic E-state index is 0. The van der Waals surface area contributed by atoms with E-state index in [1.54, 1.807) is 12.1 Å². The van der Waals surface area contributed by atoms with Crippen LogP contribution in [0.5, 0.6) is 11.5 Å². The second kappa shape index (κ2) is 24.2. The molecule has 16 rings (SSSR count). The first kappa shape index (κ1) is 50.8. The molecule has 0 unspecified atom stereocenters. The van der Waals surface area contributed by atoms with Crippen molar-refractivity contribution in [2.75, 3.05) is 0 Å². The standard InChI is InChI=1S/C92H84N4OSi.Pt/c1-88(2,3)61-45-48-93-85(52-61)96-82-42-26-25-39-74(82)75-44-43-66(54-83(75)96)97-65-30-27-29-64(53-65)94-59-95-86-71(60-49-62(89(4,5)6)51-63(50-60)90(7,8)9)40-28-41-76(86)78-58-81-80(91(10,11)46-47-92(81,12)13)57-77(78)72-37-23-24-38-73(72)79-55-70(56-84(94)87(79)95)98(67-31-17-14-18-32-67,68-33-19-15-20-34-68)69-35-21-16-22-36-69;/h14-45,48-52,55-58H,46-47H2,1-13H3;/q-2;/i14D,15D,16D,17D,18D,19D,20D,21D,22D,31D,32D,33D,34D,35D;. The predicted octanol–water partition coefficient (Wildman–Crippen LogP) is 20.2. The fourth-order valence-electron chi connectivity index (χ4n) is 15.0. The van der Waals surface area contributed by atoms with E-state index in [9.17, 15) is 15.1 Å². The van der Waals surface area contributed by atoms with Crippen molar-refractivity contribution in [3.8, 4) is 73.2 Å². The van der Waals surface area contributed by atoms with Gasteiger partial charge in [-0.15, -0.1) is 29.7 Å². The summed E-state index contributed by atoms with van der Waals surface area (Å²) in [5.41, 5.74) is 14.1. The van der Waals surface area contributed by atoms with Crippen LogP contribution in [0.4, 0.5) is 0 Å². The molecule has 0 N–H and O–H groups in total. The maximum absolute atomic E-state index is 10.3. The van der Waals surface area contributed by atoms with Gasteiger partial charge in [0, 0.05) is 44.3 Å². The van der Waals surface area contributed by atoms with Gasteiger partial charge in [-0.1, -0.05) is 283 Å². The number of fused-ring (bicyclic) bond motifs is 11. The summed E-state index contributed by atoms with van der Waals surface area (Å²) < 4.78 is 149. The molecule has 0 amide bonds. The molecule has 494 valence electrons. The van der Waals surface area contributed by atoms with Crippen molar-refractivity contribution in [2.45, 2.75) is 130 Å². The molecule has 0 atom stereocenters. The second-order valence-corrected chi connectivity index (χ2v) is 34.5. The number of imidazole rings is 1. The van der Waals surface area contributed by atoms with Crippen LogP contribution in [0.15, 0.2) is 249 Å². The average molecular weight is 1500 g/mol. The normalized spacial score (nSPS) is 16.1. The molecule has 1 aliphatic carbocycles. The van der Waals surface area contributed by atoms with Crippen molar-refractivity contribution < 1.29 is 49.6 Å². The van der Waals surface area contributed by atoms with Gasteiger partial charge in [0.2, 0.25) is 0 Å². The van der Waals surface area contributed by atoms with Crippen molar-refractivity contribution in [1.29, 1.82) is 0 Å². The number of nitrogens with zero attached hydrogens (tertiary/aromatic N) is 4. The zero-order valence-electron chi connectivity index (χ0n) is 72.0. The molecule has 4 heterocycles. The van der Waals surface area contributed by atoms with Crippen LogP contribution < -0.4 is 30.1 Å². The number of pyridine rings is 1. The van der Waals surface area contributed by atoms with Gasteiger partial charge in [-0.2, -0.15) is 18.2 Å². The smallest absolute Gasteiger partial charge is 0.268 e. The first-order valence-electron chi connectivity index (χ1n) is 40.7. The molecule has 0 saturated heterocycles. The molecular formula is C92H84N4OPtSi-2. The predicted molar refractivity (Wildman–Crippen MR) is 410 cm³/mol. The summed E-state index contributed by atoms with van der Waals surface area (Å²) in [5.74, 6) is 1.32. The third kappa shape index (κ3) is 11.1. The van der Waals surface area contributed by atoms with Gasteiger partial charge < -0.3 is 13.9 Å². The zero-order chi connectivity index (χ0) is 80.0. The van der Waals surface area contributed by atoms with E-state index < -0.39 is 103 Å². The van der Waals surface area contributed by atoms with Crippen LogP contribution in [-0.4, -0.2) is 22.2 Å². The monoisotopic (exact) mass is 1500 g/mol. The van der Waals surface area contributed by atoms with Crippen LogP contribution in [-0.2, 0) is 48.1 Å². The van der Waals surface area contributed by atoms with Gasteiger partial charge in [-0.3, -0.25) is 4.57 Å². The van der Waals surface area contributed by atoms with E-state index >= 15 is 0 Å². The molecule has 7 heteroatoms. The maximum atomic E-state index is 10.3. The third-order valence-electron chi connectivity index (χ3n) is 20.5. The van der Waals surface area contributed by atoms with E-state index in [2.05, 4.69) is 190 Å². The maximum Gasteiger partial charge on any atom is 0.268 e. The number of benzene rings is 11. The SMILES string of the molecule is [2H]c1cc([Si](c2cc3c4c(c2)n(-c2[c-]c(Oc5[c-]c6c(cc5)c5ccccc5n6-c5cc(C(C)(C)C)ccn5)ccc2)[c-][n+]4-c2c(-c4cc(C(C)(C)C)cc(C(C)(C)C)c4)cccc2-c2cc4c(cc2-c2ccccc2-3)C(C)(C)CCC4(C)C)(c2c([2H])c([2H])c([2H])c([2H])c2[2H])c2c([2H])c([2H])c([2H])c([2H])c2[2H])c([2H])c([2H])c1[2H].[Pt]. The molecule has 11 aromatic carbocycles. The number of hydrogen-bond acceptors (Lipinski definition) is 2. The minimum Gasteiger partial charge on any atom is -0.510 e. The topological polar surface area (TPSA) is 35.9 Å². The average Bonchev–Trinajstić information content (AvgIpc) is 1.62. The summed E-state index contributed by atoms with van der Waals surface area (Å²) >= 11 is 0. The number of rotatable bonds is 9. The molecule has 14 aromatic rings. The van der Waals surface area contributed by atoms with Gasteiger partial charge in [0.25, 0.3) is 6.33 Å². The summed E-state index contributed by atoms with van der Waals surface area (Å²) in [6.07, 6.45) is 7.62. The van der Waals surface area contributed by atoms with E-state index in [0.29, 0.717) is 39.4 Å². The van der Waals surface area contributed by atoms with Crippen LogP contribution in [0, 0.1) is 18.5 Å². The molecule has 3 aromatic heterocycles. The van der Waals surface area contributed by atoms with Crippen LogP contribution in [0.2, 0.25) is 0 Å². The van der Waals surface area contributed by atoms with Crippen LogP contribution in [0.25, 0.3) is 94.5 Å². The summed E-state index contributed by atoms with van der Waals surface area (Å²) in [4.78, 5) is 4.93. The number of ether oxygens (including phenoxy) is 1. The Morgan fingerprint density at radius 1 is 0.475 bits per heavy atom. The van der Waals surface area contributed by atoms with Gasteiger partial charge in [-0.25, -0.2) is 4.98 Å². The molecule has 5 nitrogen and oxygen atoms in total. The van der Waals surface area contributed by atoms with E-state index in [4.69, 9.17) is 13.8 Å². The summed E-state index contributed by atoms with van der Waals surface area (Å²) in [5, 5.41) is 0.618. The summed E-state index contributed by atoms with van der Waals surface area (Å²) in [6, 6.07) is 48.9. The fourth-order valence-corrected chi connectivity index (χ4v) is 18.9. The van der Waals surface area contributed by atoms with Crippen molar-refractivity contribution in [3.05, 3.63) is 295 Å². The quantitative estimate of drug-likeness (QED) is 0.0625. The van der Waals surface area contributed by atoms with Gasteiger partial charge in [0.15, 0.2) is 8.07 Å². The zero-order valence-corrected chi connectivity index (χ0v) is 61.3. The molecule has 2 aliphatic rings. The van der Waals surface area contributed by atoms with Gasteiger partial charge >= 0.3 is 0 Å². The number of aromatic nitrogens is 4. The molecule has 0 fully saturated rings. The van der Waals surface area contributed by atoms with Gasteiger partial charge in [0.05, 0.1) is 35.9 Å². The molecule has 0 radical (unpaired) electrons. The van der Waals surface area contributed by atoms with Crippen molar-refractivity contribution in [3.63, 3.8) is 0 Å². The molecule has 0 spiro atoms. The van der Waals surface area contributed by atoms with Crippen LogP contribution in [0.1, 0.15) is 150 Å². The largest absolute Gasteiger partial charge is 0.510 e. The molecular weight excluding hydrogens is 1400 g/mol.